The first-order valence-corrected chi connectivity index (χ1v) is 6.80. The molecule has 1 saturated carbocycles. The highest BCUT2D eigenvalue weighted by Crippen LogP contribution is 2.41. The SMILES string of the molecule is CCCC1CCC(CN)C(c2cncnc2)C1. The van der Waals surface area contributed by atoms with Crippen LogP contribution in [0.15, 0.2) is 18.7 Å². The predicted molar refractivity (Wildman–Crippen MR) is 69.6 cm³/mol. The van der Waals surface area contributed by atoms with Gasteiger partial charge in [-0.15, -0.1) is 0 Å². The van der Waals surface area contributed by atoms with E-state index in [4.69, 9.17) is 5.73 Å². The van der Waals surface area contributed by atoms with Gasteiger partial charge in [0, 0.05) is 12.4 Å². The molecule has 2 rings (SSSR count). The van der Waals surface area contributed by atoms with Crippen LogP contribution in [0.4, 0.5) is 0 Å². The van der Waals surface area contributed by atoms with Crippen LogP contribution in [0.2, 0.25) is 0 Å². The summed E-state index contributed by atoms with van der Waals surface area (Å²) in [6, 6.07) is 0. The molecule has 3 nitrogen and oxygen atoms in total. The molecule has 3 heteroatoms. The number of hydrogen-bond donors (Lipinski definition) is 1. The highest BCUT2D eigenvalue weighted by molar-refractivity contribution is 5.13. The fraction of sp³-hybridized carbons (Fsp3) is 0.714. The van der Waals surface area contributed by atoms with E-state index in [2.05, 4.69) is 16.9 Å². The van der Waals surface area contributed by atoms with Gasteiger partial charge in [-0.05, 0) is 42.7 Å². The molecule has 17 heavy (non-hydrogen) atoms. The van der Waals surface area contributed by atoms with Crippen LogP contribution in [-0.2, 0) is 0 Å². The molecular weight excluding hydrogens is 210 g/mol. The molecule has 94 valence electrons. The van der Waals surface area contributed by atoms with Gasteiger partial charge in [-0.25, -0.2) is 9.97 Å². The second kappa shape index (κ2) is 6.10. The maximum atomic E-state index is 5.91. The van der Waals surface area contributed by atoms with Gasteiger partial charge < -0.3 is 5.73 Å². The van der Waals surface area contributed by atoms with Crippen LogP contribution in [0.1, 0.15) is 50.5 Å². The molecule has 0 spiro atoms. The van der Waals surface area contributed by atoms with Gasteiger partial charge in [-0.3, -0.25) is 0 Å². The second-order valence-electron chi connectivity index (χ2n) is 5.24. The first-order valence-electron chi connectivity index (χ1n) is 6.80. The summed E-state index contributed by atoms with van der Waals surface area (Å²) in [7, 11) is 0. The van der Waals surface area contributed by atoms with E-state index in [-0.39, 0.29) is 0 Å². The fourth-order valence-corrected chi connectivity index (χ4v) is 3.18. The number of nitrogens with zero attached hydrogens (tertiary/aromatic N) is 2. The third-order valence-corrected chi connectivity index (χ3v) is 4.11. The summed E-state index contributed by atoms with van der Waals surface area (Å²) < 4.78 is 0. The summed E-state index contributed by atoms with van der Waals surface area (Å²) in [5, 5.41) is 0. The fourth-order valence-electron chi connectivity index (χ4n) is 3.18. The summed E-state index contributed by atoms with van der Waals surface area (Å²) in [5.41, 5.74) is 7.19. The van der Waals surface area contributed by atoms with Crippen LogP contribution in [0.25, 0.3) is 0 Å². The Morgan fingerprint density at radius 3 is 2.71 bits per heavy atom. The van der Waals surface area contributed by atoms with Crippen LogP contribution in [0.3, 0.4) is 0 Å². The average molecular weight is 233 g/mol. The van der Waals surface area contributed by atoms with Gasteiger partial charge in [-0.1, -0.05) is 26.2 Å². The van der Waals surface area contributed by atoms with Crippen molar-refractivity contribution in [2.75, 3.05) is 6.54 Å². The topological polar surface area (TPSA) is 51.8 Å². The average Bonchev–Trinajstić information content (AvgIpc) is 2.40. The normalized spacial score (nSPS) is 29.2. The van der Waals surface area contributed by atoms with Gasteiger partial charge in [0.1, 0.15) is 6.33 Å². The van der Waals surface area contributed by atoms with Crippen LogP contribution >= 0.6 is 0 Å². The number of hydrogen-bond acceptors (Lipinski definition) is 3. The van der Waals surface area contributed by atoms with E-state index in [1.807, 2.05) is 12.4 Å². The highest BCUT2D eigenvalue weighted by atomic mass is 14.8. The standard InChI is InChI=1S/C14H23N3/c1-2-3-11-4-5-12(7-15)14(6-11)13-8-16-10-17-9-13/h8-12,14H,2-7,15H2,1H3. The molecule has 1 fully saturated rings. The molecule has 1 aromatic rings. The molecule has 0 saturated heterocycles. The van der Waals surface area contributed by atoms with Crippen molar-refractivity contribution in [3.05, 3.63) is 24.3 Å². The zero-order chi connectivity index (χ0) is 12.1. The Kier molecular flexibility index (Phi) is 4.49. The van der Waals surface area contributed by atoms with E-state index in [9.17, 15) is 0 Å². The van der Waals surface area contributed by atoms with Crippen LogP contribution < -0.4 is 5.73 Å². The number of nitrogens with two attached hydrogens (primary N) is 1. The summed E-state index contributed by atoms with van der Waals surface area (Å²) in [4.78, 5) is 8.30. The molecule has 3 atom stereocenters. The van der Waals surface area contributed by atoms with Crippen molar-refractivity contribution in [1.29, 1.82) is 0 Å². The van der Waals surface area contributed by atoms with E-state index < -0.39 is 0 Å². The predicted octanol–water partition coefficient (Wildman–Crippen LogP) is 2.74. The van der Waals surface area contributed by atoms with Gasteiger partial charge in [-0.2, -0.15) is 0 Å². The zero-order valence-electron chi connectivity index (χ0n) is 10.7. The molecule has 0 bridgehead atoms. The lowest BCUT2D eigenvalue weighted by Crippen LogP contribution is -2.29. The molecule has 0 amide bonds. The van der Waals surface area contributed by atoms with Crippen molar-refractivity contribution < 1.29 is 0 Å². The molecule has 3 unspecified atom stereocenters. The zero-order valence-corrected chi connectivity index (χ0v) is 10.7. The van der Waals surface area contributed by atoms with Crippen molar-refractivity contribution >= 4 is 0 Å². The quantitative estimate of drug-likeness (QED) is 0.870. The Morgan fingerprint density at radius 2 is 2.06 bits per heavy atom. The van der Waals surface area contributed by atoms with Crippen molar-refractivity contribution in [2.24, 2.45) is 17.6 Å². The largest absolute Gasteiger partial charge is 0.330 e. The van der Waals surface area contributed by atoms with E-state index >= 15 is 0 Å². The van der Waals surface area contributed by atoms with E-state index in [0.29, 0.717) is 11.8 Å². The molecule has 1 aliphatic rings. The van der Waals surface area contributed by atoms with Crippen LogP contribution in [0.5, 0.6) is 0 Å². The van der Waals surface area contributed by atoms with Crippen molar-refractivity contribution in [2.45, 2.75) is 44.9 Å². The van der Waals surface area contributed by atoms with Gasteiger partial charge in [0.25, 0.3) is 0 Å². The van der Waals surface area contributed by atoms with Crippen LogP contribution in [-0.4, -0.2) is 16.5 Å². The molecule has 0 aliphatic heterocycles. The minimum Gasteiger partial charge on any atom is -0.330 e. The number of rotatable bonds is 4. The molecule has 1 heterocycles. The first kappa shape index (κ1) is 12.5. The lowest BCUT2D eigenvalue weighted by atomic mass is 9.70. The first-order chi connectivity index (χ1) is 8.35. The molecule has 2 N–H and O–H groups in total. The highest BCUT2D eigenvalue weighted by Gasteiger charge is 2.30. The second-order valence-corrected chi connectivity index (χ2v) is 5.24. The summed E-state index contributed by atoms with van der Waals surface area (Å²) in [6.45, 7) is 3.06. The molecular formula is C14H23N3. The Hall–Kier alpha value is -0.960. The van der Waals surface area contributed by atoms with E-state index in [0.717, 1.165) is 12.5 Å². The van der Waals surface area contributed by atoms with E-state index in [1.165, 1.54) is 37.7 Å². The lowest BCUT2D eigenvalue weighted by Gasteiger charge is -2.35. The van der Waals surface area contributed by atoms with E-state index in [1.54, 1.807) is 6.33 Å². The molecule has 1 aliphatic carbocycles. The van der Waals surface area contributed by atoms with Gasteiger partial charge >= 0.3 is 0 Å². The van der Waals surface area contributed by atoms with Crippen molar-refractivity contribution in [1.82, 2.24) is 9.97 Å². The Labute approximate surface area is 104 Å². The van der Waals surface area contributed by atoms with Gasteiger partial charge in [0.15, 0.2) is 0 Å². The smallest absolute Gasteiger partial charge is 0.115 e. The van der Waals surface area contributed by atoms with Crippen molar-refractivity contribution in [3.63, 3.8) is 0 Å². The Balaban J connectivity index is 2.10. The summed E-state index contributed by atoms with van der Waals surface area (Å²) in [5.74, 6) is 2.06. The minimum absolute atomic E-state index is 0.575. The number of aromatic nitrogens is 2. The summed E-state index contributed by atoms with van der Waals surface area (Å²) in [6.07, 6.45) is 12.1. The molecule has 1 aromatic heterocycles. The minimum atomic E-state index is 0.575. The third-order valence-electron chi connectivity index (χ3n) is 4.11. The molecule has 0 radical (unpaired) electrons. The monoisotopic (exact) mass is 233 g/mol. The maximum absolute atomic E-state index is 5.91. The third kappa shape index (κ3) is 3.03. The van der Waals surface area contributed by atoms with Gasteiger partial charge in [0.05, 0.1) is 0 Å². The Morgan fingerprint density at radius 1 is 1.29 bits per heavy atom. The van der Waals surface area contributed by atoms with Crippen molar-refractivity contribution in [3.8, 4) is 0 Å². The Bertz CT molecular complexity index is 325. The maximum Gasteiger partial charge on any atom is 0.115 e. The summed E-state index contributed by atoms with van der Waals surface area (Å²) >= 11 is 0. The van der Waals surface area contributed by atoms with Crippen LogP contribution in [0, 0.1) is 11.8 Å². The molecule has 0 aromatic carbocycles. The lowest BCUT2D eigenvalue weighted by molar-refractivity contribution is 0.229. The van der Waals surface area contributed by atoms with Gasteiger partial charge in [0.2, 0.25) is 0 Å².